The number of aliphatic hydroxyl groups excluding tert-OH is 4. The van der Waals surface area contributed by atoms with Gasteiger partial charge in [0.2, 0.25) is 11.8 Å². The highest BCUT2D eigenvalue weighted by molar-refractivity contribution is 5.90. The van der Waals surface area contributed by atoms with Crippen LogP contribution in [0.4, 0.5) is 0 Å². The molecule has 0 aliphatic carbocycles. The lowest BCUT2D eigenvalue weighted by Crippen LogP contribution is -2.50. The zero-order valence-corrected chi connectivity index (χ0v) is 63.8. The molecule has 0 radical (unpaired) electrons. The van der Waals surface area contributed by atoms with Gasteiger partial charge in [0.1, 0.15) is 49.0 Å². The van der Waals surface area contributed by atoms with Crippen molar-refractivity contribution in [1.29, 1.82) is 0 Å². The smallest absolute Gasteiger partial charge is 0.329 e. The van der Waals surface area contributed by atoms with Crippen LogP contribution in [0.15, 0.2) is 109 Å². The molecule has 6 aromatic carbocycles. The molecule has 107 heavy (non-hydrogen) atoms. The fraction of sp³-hybridized carbons (Fsp3) is 0.500. The van der Waals surface area contributed by atoms with Crippen LogP contribution < -0.4 is 37.9 Å². The number of hydrogen-bond acceptors (Lipinski definition) is 21. The van der Waals surface area contributed by atoms with E-state index >= 15 is 0 Å². The van der Waals surface area contributed by atoms with Gasteiger partial charge in [0.25, 0.3) is 0 Å². The Balaban J connectivity index is 0.906. The van der Waals surface area contributed by atoms with Crippen molar-refractivity contribution in [1.82, 2.24) is 14.7 Å². The maximum atomic E-state index is 14.7. The Morgan fingerprint density at radius 3 is 1.31 bits per heavy atom. The largest absolute Gasteiger partial charge is 0.493 e. The number of Topliss-reactive ketones (excluding diaryl/α,β-unsaturated/α-hetero) is 2. The van der Waals surface area contributed by atoms with E-state index in [1.54, 1.807) is 90.7 Å². The van der Waals surface area contributed by atoms with Gasteiger partial charge < -0.3 is 82.5 Å². The molecule has 7 atom stereocenters. The molecule has 4 N–H and O–H groups in total. The quantitative estimate of drug-likeness (QED) is 0.0259. The SMILES string of the molecule is CC[C@H](C(=O)N1CCCCC1C(=O)O[C@H](CCc1ccc(CO)c(CO)c1)c1cccc(OCC(=O)CCC(CCC(=O)COc2cccc([C@@H](CCc3ccc(OC)c(OC)c3)OC(=O)C3CCCCN3C(=O)[C@@H](CC)c3cc(CO)c(OC)c(OC)c3)c2)CN(C)C)c1)c1cc(CO)c(OC)c(OC)c1. The summed E-state index contributed by atoms with van der Waals surface area (Å²) in [6.45, 7) is 3.45. The van der Waals surface area contributed by atoms with Crippen molar-refractivity contribution in [2.24, 2.45) is 5.92 Å². The number of nitrogens with zero attached hydrogens (tertiary/aromatic N) is 3. The summed E-state index contributed by atoms with van der Waals surface area (Å²) in [5.41, 5.74) is 6.35. The summed E-state index contributed by atoms with van der Waals surface area (Å²) in [7, 11) is 13.0. The van der Waals surface area contributed by atoms with Crippen LogP contribution in [0, 0.1) is 5.92 Å². The van der Waals surface area contributed by atoms with Gasteiger partial charge in [-0.3, -0.25) is 19.2 Å². The summed E-state index contributed by atoms with van der Waals surface area (Å²) in [5, 5.41) is 40.6. The normalized spacial score (nSPS) is 15.8. The minimum Gasteiger partial charge on any atom is -0.493 e. The molecule has 2 heterocycles. The van der Waals surface area contributed by atoms with E-state index in [1.807, 2.05) is 75.3 Å². The van der Waals surface area contributed by atoms with Crippen LogP contribution in [0.5, 0.6) is 46.0 Å². The lowest BCUT2D eigenvalue weighted by Gasteiger charge is -2.37. The molecule has 23 heteroatoms. The maximum absolute atomic E-state index is 14.7. The standard InChI is InChI=1S/C84H109N3O20/c1-11-69(60-41-63(50-90)79(102-9)77(45-60)100-7)81(94)86-37-15-13-23-71(86)83(96)106-73(34-28-54-25-31-59(48-88)62(39-54)49-89)57-19-17-21-67(43-57)104-52-65(92)32-26-56(47-85(3)4)27-33-66(93)53-105-68-22-18-20-58(44-68)74(35-29-55-30-36-75(98-5)76(40-55)99-6)107-84(97)72-24-14-16-38-87(72)82(95)70(12-2)61-42-64(51-91)80(103-10)78(46-61)101-8/h17-22,25,30-31,36,39-46,56,69-74,88-91H,11-16,23-24,26-29,32-35,37-38,47-53H2,1-10H3/t56?,69-,70-,71?,72?,73+,74+/m0/s1. The van der Waals surface area contributed by atoms with Crippen molar-refractivity contribution in [2.75, 3.05) is 89.6 Å². The molecular formula is C84H109N3O20. The number of amides is 2. The van der Waals surface area contributed by atoms with E-state index in [1.165, 1.54) is 28.4 Å². The van der Waals surface area contributed by atoms with Crippen molar-refractivity contribution in [3.05, 3.63) is 165 Å². The van der Waals surface area contributed by atoms with Crippen LogP contribution in [0.1, 0.15) is 183 Å². The Kier molecular flexibility index (Phi) is 32.5. The zero-order valence-electron chi connectivity index (χ0n) is 63.8. The van der Waals surface area contributed by atoms with E-state index in [0.717, 1.165) is 11.1 Å². The third-order valence-electron chi connectivity index (χ3n) is 20.3. The molecule has 580 valence electrons. The molecule has 2 saturated heterocycles. The van der Waals surface area contributed by atoms with Crippen molar-refractivity contribution < 1.29 is 96.6 Å². The number of aliphatic hydroxyl groups is 4. The number of hydrogen-bond donors (Lipinski definition) is 4. The number of benzene rings is 6. The molecule has 23 nitrogen and oxygen atoms in total. The molecule has 8 rings (SSSR count). The number of ether oxygens (including phenoxy) is 10. The van der Waals surface area contributed by atoms with E-state index in [4.69, 9.17) is 47.4 Å². The topological polar surface area (TPSA) is 285 Å². The predicted molar refractivity (Wildman–Crippen MR) is 402 cm³/mol. The van der Waals surface area contributed by atoms with Crippen LogP contribution >= 0.6 is 0 Å². The molecule has 2 aliphatic rings. The number of methoxy groups -OCH3 is 6. The Bertz CT molecular complexity index is 3640. The minimum absolute atomic E-state index is 0.0314. The Morgan fingerprint density at radius 1 is 0.458 bits per heavy atom. The molecule has 6 aromatic rings. The van der Waals surface area contributed by atoms with Gasteiger partial charge in [0.15, 0.2) is 46.1 Å². The van der Waals surface area contributed by atoms with E-state index in [2.05, 4.69) is 0 Å². The highest BCUT2D eigenvalue weighted by atomic mass is 16.6. The summed E-state index contributed by atoms with van der Waals surface area (Å²) in [6.07, 6.45) is 5.64. The zero-order chi connectivity index (χ0) is 77.1. The third-order valence-corrected chi connectivity index (χ3v) is 20.3. The summed E-state index contributed by atoms with van der Waals surface area (Å²) >= 11 is 0. The van der Waals surface area contributed by atoms with Gasteiger partial charge in [-0.15, -0.1) is 0 Å². The van der Waals surface area contributed by atoms with Crippen LogP contribution in [0.3, 0.4) is 0 Å². The number of carbonyl (C=O) groups excluding carboxylic acids is 6. The second-order valence-corrected chi connectivity index (χ2v) is 27.7. The number of likely N-dealkylation sites (tertiary alicyclic amines) is 2. The highest BCUT2D eigenvalue weighted by Crippen LogP contribution is 2.41. The van der Waals surface area contributed by atoms with Gasteiger partial charge in [-0.25, -0.2) is 9.59 Å². The van der Waals surface area contributed by atoms with Crippen molar-refractivity contribution in [3.63, 3.8) is 0 Å². The van der Waals surface area contributed by atoms with E-state index in [-0.39, 0.29) is 81.8 Å². The minimum atomic E-state index is -0.891. The van der Waals surface area contributed by atoms with Gasteiger partial charge in [-0.1, -0.05) is 62.4 Å². The first kappa shape index (κ1) is 83.4. The second kappa shape index (κ2) is 41.7. The van der Waals surface area contributed by atoms with Crippen LogP contribution in [-0.2, 0) is 77.5 Å². The number of rotatable bonds is 42. The molecule has 0 bridgehead atoms. The average molecular weight is 1480 g/mol. The van der Waals surface area contributed by atoms with Crippen molar-refractivity contribution in [3.8, 4) is 46.0 Å². The summed E-state index contributed by atoms with van der Waals surface area (Å²) in [6, 6.07) is 30.5. The van der Waals surface area contributed by atoms with E-state index in [0.29, 0.717) is 200 Å². The van der Waals surface area contributed by atoms with Crippen molar-refractivity contribution >= 4 is 35.3 Å². The molecule has 2 amide bonds. The van der Waals surface area contributed by atoms with Crippen molar-refractivity contribution in [2.45, 2.75) is 179 Å². The second-order valence-electron chi connectivity index (χ2n) is 27.7. The third kappa shape index (κ3) is 22.4. The van der Waals surface area contributed by atoms with Crippen LogP contribution in [0.2, 0.25) is 0 Å². The average Bonchev–Trinajstić information content (AvgIpc) is 0.795. The lowest BCUT2D eigenvalue weighted by molar-refractivity contribution is -0.162. The summed E-state index contributed by atoms with van der Waals surface area (Å²) < 4.78 is 58.7. The first-order valence-electron chi connectivity index (χ1n) is 37.2. The Morgan fingerprint density at radius 2 is 0.897 bits per heavy atom. The predicted octanol–water partition coefficient (Wildman–Crippen LogP) is 11.6. The monoisotopic (exact) mass is 1480 g/mol. The number of aryl methyl sites for hydroxylation is 2. The number of piperidine rings is 2. The molecule has 0 spiro atoms. The summed E-state index contributed by atoms with van der Waals surface area (Å²) in [4.78, 5) is 91.5. The molecule has 3 unspecified atom stereocenters. The number of carbonyl (C=O) groups is 6. The first-order chi connectivity index (χ1) is 51.8. The van der Waals surface area contributed by atoms with Gasteiger partial charge in [0.05, 0.1) is 80.9 Å². The number of ketones is 2. The van der Waals surface area contributed by atoms with Crippen LogP contribution in [0.25, 0.3) is 0 Å². The van der Waals surface area contributed by atoms with E-state index in [9.17, 15) is 49.2 Å². The van der Waals surface area contributed by atoms with E-state index < -0.39 is 48.1 Å². The fourth-order valence-electron chi connectivity index (χ4n) is 14.6. The lowest BCUT2D eigenvalue weighted by atomic mass is 9.90. The Labute approximate surface area is 629 Å². The molecule has 0 saturated carbocycles. The first-order valence-corrected chi connectivity index (χ1v) is 37.2. The van der Waals surface area contributed by atoms with Gasteiger partial charge >= 0.3 is 11.9 Å². The molecule has 2 aliphatic heterocycles. The van der Waals surface area contributed by atoms with Crippen LogP contribution in [-0.4, -0.2) is 172 Å². The maximum Gasteiger partial charge on any atom is 0.329 e. The highest BCUT2D eigenvalue weighted by Gasteiger charge is 2.40. The fourth-order valence-corrected chi connectivity index (χ4v) is 14.6. The molecular weight excluding hydrogens is 1370 g/mol. The Hall–Kier alpha value is -9.26. The summed E-state index contributed by atoms with van der Waals surface area (Å²) in [5.74, 6) is 0.146. The van der Waals surface area contributed by atoms with Gasteiger partial charge in [-0.05, 0) is 215 Å². The molecule has 0 aromatic heterocycles. The van der Waals surface area contributed by atoms with Gasteiger partial charge in [-0.2, -0.15) is 0 Å². The van der Waals surface area contributed by atoms with Gasteiger partial charge in [0, 0.05) is 43.6 Å². The number of esters is 2. The molecule has 2 fully saturated rings.